The first kappa shape index (κ1) is 17.2. The summed E-state index contributed by atoms with van der Waals surface area (Å²) in [4.78, 5) is 25.1. The molecule has 2 aromatic carbocycles. The van der Waals surface area contributed by atoms with Crippen molar-refractivity contribution in [2.75, 3.05) is 0 Å². The van der Waals surface area contributed by atoms with E-state index in [2.05, 4.69) is 24.3 Å². The second-order valence-corrected chi connectivity index (χ2v) is 7.73. The number of hydrogen-bond donors (Lipinski definition) is 0. The van der Waals surface area contributed by atoms with Crippen LogP contribution < -0.4 is 0 Å². The maximum absolute atomic E-state index is 12.5. The SMILES string of the molecule is O=C(CCC(=O)c1ccc2c(c1)CCCC2)c1ccc2c(c1)CCCC2. The molecule has 0 N–H and O–H groups in total. The predicted octanol–water partition coefficient (Wildman–Crippen LogP) is 5.29. The molecule has 0 saturated heterocycles. The first-order valence-corrected chi connectivity index (χ1v) is 10.0. The second-order valence-electron chi connectivity index (χ2n) is 7.73. The van der Waals surface area contributed by atoms with Crippen molar-refractivity contribution in [2.45, 2.75) is 64.2 Å². The first-order valence-electron chi connectivity index (χ1n) is 10.0. The lowest BCUT2D eigenvalue weighted by atomic mass is 9.88. The third kappa shape index (κ3) is 3.65. The molecule has 0 atom stereocenters. The van der Waals surface area contributed by atoms with Gasteiger partial charge in [0.15, 0.2) is 11.6 Å². The molecule has 2 aromatic rings. The van der Waals surface area contributed by atoms with Gasteiger partial charge in [0, 0.05) is 24.0 Å². The Balaban J connectivity index is 1.40. The highest BCUT2D eigenvalue weighted by Crippen LogP contribution is 2.24. The van der Waals surface area contributed by atoms with Gasteiger partial charge in [0.2, 0.25) is 0 Å². The maximum atomic E-state index is 12.5. The van der Waals surface area contributed by atoms with Gasteiger partial charge in [0.25, 0.3) is 0 Å². The van der Waals surface area contributed by atoms with Crippen molar-refractivity contribution in [2.24, 2.45) is 0 Å². The number of carbonyl (C=O) groups excluding carboxylic acids is 2. The molecule has 0 bridgehead atoms. The summed E-state index contributed by atoms with van der Waals surface area (Å²) >= 11 is 0. The van der Waals surface area contributed by atoms with E-state index in [1.807, 2.05) is 12.1 Å². The third-order valence-corrected chi connectivity index (χ3v) is 5.92. The van der Waals surface area contributed by atoms with Crippen molar-refractivity contribution in [1.29, 1.82) is 0 Å². The highest BCUT2D eigenvalue weighted by atomic mass is 16.1. The van der Waals surface area contributed by atoms with Crippen molar-refractivity contribution in [3.63, 3.8) is 0 Å². The van der Waals surface area contributed by atoms with Crippen molar-refractivity contribution in [3.05, 3.63) is 69.8 Å². The first-order chi connectivity index (χ1) is 12.7. The largest absolute Gasteiger partial charge is 0.294 e. The van der Waals surface area contributed by atoms with Crippen LogP contribution in [0.5, 0.6) is 0 Å². The Morgan fingerprint density at radius 3 is 1.38 bits per heavy atom. The van der Waals surface area contributed by atoms with E-state index in [0.717, 1.165) is 36.8 Å². The van der Waals surface area contributed by atoms with Gasteiger partial charge < -0.3 is 0 Å². The zero-order valence-corrected chi connectivity index (χ0v) is 15.4. The van der Waals surface area contributed by atoms with Gasteiger partial charge in [0.1, 0.15) is 0 Å². The van der Waals surface area contributed by atoms with E-state index in [1.54, 1.807) is 0 Å². The van der Waals surface area contributed by atoms with E-state index in [1.165, 1.54) is 47.9 Å². The summed E-state index contributed by atoms with van der Waals surface area (Å²) in [5, 5.41) is 0. The minimum atomic E-state index is 0.0877. The molecule has 134 valence electrons. The number of hydrogen-bond acceptors (Lipinski definition) is 2. The minimum absolute atomic E-state index is 0.0877. The molecule has 0 heterocycles. The van der Waals surface area contributed by atoms with Crippen LogP contribution in [0, 0.1) is 0 Å². The van der Waals surface area contributed by atoms with E-state index in [0.29, 0.717) is 12.8 Å². The van der Waals surface area contributed by atoms with Gasteiger partial charge >= 0.3 is 0 Å². The molecule has 0 unspecified atom stereocenters. The average molecular weight is 346 g/mol. The van der Waals surface area contributed by atoms with Crippen LogP contribution in [-0.2, 0) is 25.7 Å². The lowest BCUT2D eigenvalue weighted by molar-refractivity contribution is 0.0917. The number of benzene rings is 2. The molecule has 0 aromatic heterocycles. The third-order valence-electron chi connectivity index (χ3n) is 5.92. The van der Waals surface area contributed by atoms with Gasteiger partial charge in [-0.05, 0) is 85.8 Å². The fraction of sp³-hybridized carbons (Fsp3) is 0.417. The number of rotatable bonds is 5. The maximum Gasteiger partial charge on any atom is 0.163 e. The van der Waals surface area contributed by atoms with Gasteiger partial charge in [0.05, 0.1) is 0 Å². The zero-order chi connectivity index (χ0) is 17.9. The summed E-state index contributed by atoms with van der Waals surface area (Å²) in [6.07, 6.45) is 9.91. The van der Waals surface area contributed by atoms with Crippen LogP contribution >= 0.6 is 0 Å². The summed E-state index contributed by atoms with van der Waals surface area (Å²) < 4.78 is 0. The van der Waals surface area contributed by atoms with E-state index < -0.39 is 0 Å². The summed E-state index contributed by atoms with van der Waals surface area (Å²) in [6.45, 7) is 0. The van der Waals surface area contributed by atoms with Crippen LogP contribution in [-0.4, -0.2) is 11.6 Å². The zero-order valence-electron chi connectivity index (χ0n) is 15.4. The number of aryl methyl sites for hydroxylation is 4. The summed E-state index contributed by atoms with van der Waals surface area (Å²) in [5.74, 6) is 0.175. The molecule has 0 aliphatic heterocycles. The Kier molecular flexibility index (Phi) is 5.01. The topological polar surface area (TPSA) is 34.1 Å². The summed E-state index contributed by atoms with van der Waals surface area (Å²) in [6, 6.07) is 12.2. The van der Waals surface area contributed by atoms with Gasteiger partial charge in [-0.3, -0.25) is 9.59 Å². The molecule has 0 saturated carbocycles. The van der Waals surface area contributed by atoms with Gasteiger partial charge in [-0.25, -0.2) is 0 Å². The van der Waals surface area contributed by atoms with E-state index in [4.69, 9.17) is 0 Å². The lowest BCUT2D eigenvalue weighted by Crippen LogP contribution is -2.09. The fourth-order valence-corrected chi connectivity index (χ4v) is 4.33. The van der Waals surface area contributed by atoms with Crippen LogP contribution in [0.3, 0.4) is 0 Å². The molecule has 2 aliphatic rings. The summed E-state index contributed by atoms with van der Waals surface area (Å²) in [5.41, 5.74) is 6.95. The van der Waals surface area contributed by atoms with Crippen LogP contribution in [0.1, 0.15) is 81.5 Å². The molecule has 0 amide bonds. The average Bonchev–Trinajstić information content (AvgIpc) is 2.71. The van der Waals surface area contributed by atoms with Crippen molar-refractivity contribution in [3.8, 4) is 0 Å². The molecule has 2 heteroatoms. The normalized spacial score (nSPS) is 15.8. The van der Waals surface area contributed by atoms with Crippen LogP contribution in [0.15, 0.2) is 36.4 Å². The number of ketones is 2. The molecule has 26 heavy (non-hydrogen) atoms. The van der Waals surface area contributed by atoms with Gasteiger partial charge in [-0.15, -0.1) is 0 Å². The summed E-state index contributed by atoms with van der Waals surface area (Å²) in [7, 11) is 0. The molecule has 4 rings (SSSR count). The van der Waals surface area contributed by atoms with Crippen molar-refractivity contribution in [1.82, 2.24) is 0 Å². The second kappa shape index (κ2) is 7.57. The molecular formula is C24H26O2. The monoisotopic (exact) mass is 346 g/mol. The molecule has 0 fully saturated rings. The lowest BCUT2D eigenvalue weighted by Gasteiger charge is -2.16. The van der Waals surface area contributed by atoms with E-state index >= 15 is 0 Å². The van der Waals surface area contributed by atoms with Crippen LogP contribution in [0.2, 0.25) is 0 Å². The standard InChI is InChI=1S/C24H26O2/c25-23(21-11-9-17-5-1-3-7-19(17)15-21)13-14-24(26)22-12-10-18-6-2-4-8-20(18)16-22/h9-12,15-16H,1-8,13-14H2. The van der Waals surface area contributed by atoms with E-state index in [9.17, 15) is 9.59 Å². The quantitative estimate of drug-likeness (QED) is 0.689. The molecule has 2 aliphatic carbocycles. The molecule has 0 spiro atoms. The Bertz CT molecular complexity index is 776. The smallest absolute Gasteiger partial charge is 0.163 e. The van der Waals surface area contributed by atoms with Crippen LogP contribution in [0.4, 0.5) is 0 Å². The number of fused-ring (bicyclic) bond motifs is 2. The van der Waals surface area contributed by atoms with Crippen molar-refractivity contribution >= 4 is 11.6 Å². The van der Waals surface area contributed by atoms with Crippen LogP contribution in [0.25, 0.3) is 0 Å². The van der Waals surface area contributed by atoms with E-state index in [-0.39, 0.29) is 11.6 Å². The molecular weight excluding hydrogens is 320 g/mol. The number of Topliss-reactive ketones (excluding diaryl/α,β-unsaturated/α-hetero) is 2. The van der Waals surface area contributed by atoms with Crippen molar-refractivity contribution < 1.29 is 9.59 Å². The molecule has 0 radical (unpaired) electrons. The van der Waals surface area contributed by atoms with Gasteiger partial charge in [-0.2, -0.15) is 0 Å². The van der Waals surface area contributed by atoms with Gasteiger partial charge in [-0.1, -0.05) is 24.3 Å². The highest BCUT2D eigenvalue weighted by molar-refractivity contribution is 6.02. The molecule has 2 nitrogen and oxygen atoms in total. The predicted molar refractivity (Wildman–Crippen MR) is 104 cm³/mol. The Hall–Kier alpha value is -2.22. The number of carbonyl (C=O) groups is 2. The minimum Gasteiger partial charge on any atom is -0.294 e. The Morgan fingerprint density at radius 1 is 0.577 bits per heavy atom. The Morgan fingerprint density at radius 2 is 0.962 bits per heavy atom. The fourth-order valence-electron chi connectivity index (χ4n) is 4.33. The Labute approximate surface area is 155 Å². The highest BCUT2D eigenvalue weighted by Gasteiger charge is 2.16.